The molecule has 1 aromatic heterocycles. The van der Waals surface area contributed by atoms with Gasteiger partial charge in [-0.1, -0.05) is 89.9 Å². The summed E-state index contributed by atoms with van der Waals surface area (Å²) in [6.07, 6.45) is -5.64. The van der Waals surface area contributed by atoms with Gasteiger partial charge >= 0.3 is 18.8 Å². The van der Waals surface area contributed by atoms with Crippen LogP contribution in [0.4, 0.5) is 26.7 Å². The molecule has 0 bridgehead atoms. The van der Waals surface area contributed by atoms with E-state index >= 15 is 0 Å². The lowest BCUT2D eigenvalue weighted by molar-refractivity contribution is -0.218. The molecule has 0 saturated heterocycles. The Morgan fingerprint density at radius 1 is 1.06 bits per heavy atom. The van der Waals surface area contributed by atoms with Gasteiger partial charge in [-0.05, 0) is 54.3 Å². The molecule has 49 heavy (non-hydrogen) atoms. The molecule has 5 rings (SSSR count). The van der Waals surface area contributed by atoms with Crippen LogP contribution in [0.5, 0.6) is 0 Å². The number of carbonyl (C=O) groups is 2. The van der Waals surface area contributed by atoms with Crippen LogP contribution in [0.2, 0.25) is 5.02 Å². The lowest BCUT2D eigenvalue weighted by Crippen LogP contribution is -2.49. The average Bonchev–Trinajstić information content (AvgIpc) is 3.63. The van der Waals surface area contributed by atoms with E-state index in [-0.39, 0.29) is 34.5 Å². The average molecular weight is 768 g/mol. The first-order chi connectivity index (χ1) is 23.0. The normalized spacial score (nSPS) is 17.3. The lowest BCUT2D eigenvalue weighted by Gasteiger charge is -2.36. The first-order valence-electron chi connectivity index (χ1n) is 14.8. The highest BCUT2D eigenvalue weighted by atomic mass is 79.9. The van der Waals surface area contributed by atoms with Gasteiger partial charge in [0.05, 0.1) is 16.5 Å². The number of amides is 2. The molecule has 2 amide bonds. The Balaban J connectivity index is 1.61. The highest BCUT2D eigenvalue weighted by Crippen LogP contribution is 2.51. The fraction of sp³-hybridized carbons (Fsp3) is 0.303. The third kappa shape index (κ3) is 7.32. The molecule has 2 heterocycles. The number of nitrogens with zero attached hydrogens (tertiary/aromatic N) is 5. The predicted octanol–water partition coefficient (Wildman–Crippen LogP) is 8.82. The molecule has 4 aromatic rings. The van der Waals surface area contributed by atoms with E-state index in [1.807, 2.05) is 0 Å². The number of benzene rings is 3. The Morgan fingerprint density at radius 2 is 1.73 bits per heavy atom. The van der Waals surface area contributed by atoms with Crippen LogP contribution in [-0.4, -0.2) is 43.8 Å². The van der Waals surface area contributed by atoms with Gasteiger partial charge in [-0.3, -0.25) is 15.0 Å². The number of alkyl carbamates (subject to hydrolysis) is 1. The van der Waals surface area contributed by atoms with E-state index in [0.717, 1.165) is 25.1 Å². The Kier molecular flexibility index (Phi) is 10.2. The molecular weight excluding hydrogens is 739 g/mol. The highest BCUT2D eigenvalue weighted by Gasteiger charge is 2.59. The largest absolute Gasteiger partial charge is 0.444 e. The van der Waals surface area contributed by atoms with Crippen molar-refractivity contribution < 1.29 is 36.3 Å². The lowest BCUT2D eigenvalue weighted by atomic mass is 9.74. The molecule has 0 saturated carbocycles. The van der Waals surface area contributed by atoms with E-state index in [9.17, 15) is 31.5 Å². The molecule has 0 fully saturated rings. The van der Waals surface area contributed by atoms with Crippen molar-refractivity contribution in [3.63, 3.8) is 0 Å². The van der Waals surface area contributed by atoms with Crippen LogP contribution in [0.15, 0.2) is 88.6 Å². The third-order valence-electron chi connectivity index (χ3n) is 8.17. The monoisotopic (exact) mass is 766 g/mol. The second-order valence-electron chi connectivity index (χ2n) is 11.9. The van der Waals surface area contributed by atoms with Crippen LogP contribution < -0.4 is 5.32 Å². The second kappa shape index (κ2) is 13.9. The molecule has 9 nitrogen and oxygen atoms in total. The molecule has 0 radical (unpaired) electrons. The van der Waals surface area contributed by atoms with Crippen molar-refractivity contribution in [2.75, 3.05) is 0 Å². The standard InChI is InChI=1S/C33H29BrClF5N6O3/c1-19(21-9-14-25(35)24(15-21)26-41-18-42-46(26)28(36)37)45-27(47)32(17-31(2,3)33(38,39)40,22-10-12-23(34)13-11-22)44-29(45)43-30(48)49-16-20-7-5-4-6-8-20/h4-15,18-19,28H,16-17H2,1-3H3,(H,43,44,48)/t19-,32+/m0/s1. The van der Waals surface area contributed by atoms with Gasteiger partial charge in [-0.25, -0.2) is 14.8 Å². The van der Waals surface area contributed by atoms with Crippen molar-refractivity contribution in [2.45, 2.75) is 58.1 Å². The molecule has 2 atom stereocenters. The minimum Gasteiger partial charge on any atom is -0.444 e. The van der Waals surface area contributed by atoms with Crippen LogP contribution in [0.1, 0.15) is 56.5 Å². The number of hydrogen-bond donors (Lipinski definition) is 1. The Labute approximate surface area is 291 Å². The van der Waals surface area contributed by atoms with Crippen molar-refractivity contribution in [3.8, 4) is 11.4 Å². The summed E-state index contributed by atoms with van der Waals surface area (Å²) < 4.78 is 76.9. The first kappa shape index (κ1) is 35.9. The maximum atomic E-state index is 14.7. The van der Waals surface area contributed by atoms with Crippen LogP contribution in [-0.2, 0) is 21.7 Å². The van der Waals surface area contributed by atoms with E-state index in [1.54, 1.807) is 49.4 Å². The number of carbonyl (C=O) groups excluding carboxylic acids is 2. The van der Waals surface area contributed by atoms with Gasteiger partial charge in [0, 0.05) is 10.0 Å². The van der Waals surface area contributed by atoms with Gasteiger partial charge in [-0.2, -0.15) is 31.7 Å². The SMILES string of the molecule is C[C@@H](c1ccc(Cl)c(-c2ncnn2C(F)F)c1)N1C(=O)[C@@](CC(C)(C)C(F)(F)F)(c2ccc(Br)cc2)N=C1NC(=O)OCc1ccccc1. The molecule has 1 aliphatic heterocycles. The minimum absolute atomic E-state index is 0.0474. The minimum atomic E-state index is -4.74. The van der Waals surface area contributed by atoms with Crippen molar-refractivity contribution in [1.29, 1.82) is 0 Å². The van der Waals surface area contributed by atoms with Crippen LogP contribution in [0, 0.1) is 5.41 Å². The van der Waals surface area contributed by atoms with Gasteiger partial charge in [0.2, 0.25) is 5.96 Å². The fourth-order valence-electron chi connectivity index (χ4n) is 5.46. The number of ether oxygens (including phenoxy) is 1. The van der Waals surface area contributed by atoms with E-state index in [2.05, 4.69) is 36.3 Å². The van der Waals surface area contributed by atoms with Crippen molar-refractivity contribution in [3.05, 3.63) is 105 Å². The second-order valence-corrected chi connectivity index (χ2v) is 13.3. The van der Waals surface area contributed by atoms with Gasteiger partial charge in [0.15, 0.2) is 11.4 Å². The van der Waals surface area contributed by atoms with E-state index in [1.165, 1.54) is 30.3 Å². The summed E-state index contributed by atoms with van der Waals surface area (Å²) in [6.45, 7) is 0.293. The molecular formula is C33H29BrClF5N6O3. The first-order valence-corrected chi connectivity index (χ1v) is 15.9. The molecule has 258 valence electrons. The maximum Gasteiger partial charge on any atom is 0.414 e. The number of guanidine groups is 1. The maximum absolute atomic E-state index is 14.7. The summed E-state index contributed by atoms with van der Waals surface area (Å²) in [5.74, 6) is -1.50. The molecule has 0 unspecified atom stereocenters. The van der Waals surface area contributed by atoms with Crippen LogP contribution in [0.3, 0.4) is 0 Å². The van der Waals surface area contributed by atoms with Crippen molar-refractivity contribution >= 4 is 45.5 Å². The smallest absolute Gasteiger partial charge is 0.414 e. The molecule has 0 spiro atoms. The molecule has 16 heteroatoms. The molecule has 1 aliphatic rings. The Hall–Kier alpha value is -4.37. The molecule has 3 aromatic carbocycles. The summed E-state index contributed by atoms with van der Waals surface area (Å²) in [5.41, 5.74) is -3.40. The Morgan fingerprint density at radius 3 is 2.37 bits per heavy atom. The number of halogens is 7. The summed E-state index contributed by atoms with van der Waals surface area (Å²) in [4.78, 5) is 37.4. The number of aliphatic imine (C=N–C) groups is 1. The predicted molar refractivity (Wildman–Crippen MR) is 174 cm³/mol. The van der Waals surface area contributed by atoms with Gasteiger partial charge < -0.3 is 4.74 Å². The topological polar surface area (TPSA) is 102 Å². The zero-order valence-electron chi connectivity index (χ0n) is 26.2. The number of rotatable bonds is 9. The summed E-state index contributed by atoms with van der Waals surface area (Å²) in [7, 11) is 0. The summed E-state index contributed by atoms with van der Waals surface area (Å²) in [6, 6.07) is 18.1. The highest BCUT2D eigenvalue weighted by molar-refractivity contribution is 9.10. The van der Waals surface area contributed by atoms with Gasteiger partial charge in [-0.15, -0.1) is 0 Å². The number of hydrogen-bond acceptors (Lipinski definition) is 6. The molecule has 1 N–H and O–H groups in total. The number of aromatic nitrogens is 3. The van der Waals surface area contributed by atoms with E-state index in [0.29, 0.717) is 20.3 Å². The van der Waals surface area contributed by atoms with Crippen LogP contribution in [0.25, 0.3) is 11.4 Å². The zero-order valence-corrected chi connectivity index (χ0v) is 28.5. The quantitative estimate of drug-likeness (QED) is 0.172. The van der Waals surface area contributed by atoms with Gasteiger partial charge in [0.25, 0.3) is 5.91 Å². The van der Waals surface area contributed by atoms with E-state index in [4.69, 9.17) is 16.3 Å². The Bertz CT molecular complexity index is 1870. The van der Waals surface area contributed by atoms with Crippen LogP contribution >= 0.6 is 27.5 Å². The van der Waals surface area contributed by atoms with Crippen molar-refractivity contribution in [1.82, 2.24) is 25.0 Å². The molecule has 0 aliphatic carbocycles. The fourth-order valence-corrected chi connectivity index (χ4v) is 5.92. The summed E-state index contributed by atoms with van der Waals surface area (Å²) in [5, 5.41) is 6.07. The zero-order chi connectivity index (χ0) is 35.7. The number of nitrogens with one attached hydrogen (secondary N) is 1. The van der Waals surface area contributed by atoms with E-state index < -0.39 is 48.1 Å². The van der Waals surface area contributed by atoms with Gasteiger partial charge in [0.1, 0.15) is 12.9 Å². The summed E-state index contributed by atoms with van der Waals surface area (Å²) >= 11 is 9.70. The number of alkyl halides is 5. The van der Waals surface area contributed by atoms with Crippen molar-refractivity contribution in [2.24, 2.45) is 10.4 Å². The third-order valence-corrected chi connectivity index (χ3v) is 9.03.